The number of carboxylic acid groups (broad SMARTS) is 1. The van der Waals surface area contributed by atoms with Crippen molar-refractivity contribution in [3.8, 4) is 11.8 Å². The molecule has 2 aromatic rings. The highest BCUT2D eigenvalue weighted by atomic mass is 19.4. The summed E-state index contributed by atoms with van der Waals surface area (Å²) in [5.74, 6) is -1.72. The van der Waals surface area contributed by atoms with Gasteiger partial charge in [0.2, 0.25) is 0 Å². The van der Waals surface area contributed by atoms with Gasteiger partial charge in [0.15, 0.2) is 5.69 Å². The highest BCUT2D eigenvalue weighted by Crippen LogP contribution is 2.33. The Morgan fingerprint density at radius 3 is 2.65 bits per heavy atom. The number of nitrogens with zero attached hydrogens (tertiary/aromatic N) is 3. The van der Waals surface area contributed by atoms with E-state index >= 15 is 0 Å². The van der Waals surface area contributed by atoms with Gasteiger partial charge in [-0.25, -0.2) is 9.48 Å². The van der Waals surface area contributed by atoms with Crippen molar-refractivity contribution >= 4 is 5.97 Å². The third kappa shape index (κ3) is 2.33. The fraction of sp³-hybridized carbons (Fsp3) is 0.0833. The Balaban J connectivity index is 2.69. The molecule has 0 aliphatic heterocycles. The quantitative estimate of drug-likeness (QED) is 0.917. The lowest BCUT2D eigenvalue weighted by Crippen LogP contribution is -2.17. The van der Waals surface area contributed by atoms with Crippen LogP contribution in [0, 0.1) is 11.3 Å². The number of carbonyl (C=O) groups is 1. The molecule has 0 aliphatic rings. The summed E-state index contributed by atoms with van der Waals surface area (Å²) in [6.45, 7) is 0. The SMILES string of the molecule is N#Cc1cccc(-n2ncc(C(=O)O)c2C(F)(F)F)c1. The summed E-state index contributed by atoms with van der Waals surface area (Å²) in [6.07, 6.45) is -4.25. The Kier molecular flexibility index (Phi) is 3.19. The van der Waals surface area contributed by atoms with Crippen molar-refractivity contribution in [2.24, 2.45) is 0 Å². The second-order valence-corrected chi connectivity index (χ2v) is 3.78. The van der Waals surface area contributed by atoms with Crippen molar-refractivity contribution in [3.05, 3.63) is 47.3 Å². The zero-order valence-electron chi connectivity index (χ0n) is 9.72. The lowest BCUT2D eigenvalue weighted by Gasteiger charge is -2.11. The predicted octanol–water partition coefficient (Wildman–Crippen LogP) is 2.46. The summed E-state index contributed by atoms with van der Waals surface area (Å²) >= 11 is 0. The van der Waals surface area contributed by atoms with Gasteiger partial charge in [-0.2, -0.15) is 23.5 Å². The number of carboxylic acids is 1. The topological polar surface area (TPSA) is 78.9 Å². The first kappa shape index (κ1) is 13.6. The molecule has 1 N–H and O–H groups in total. The van der Waals surface area contributed by atoms with Crippen LogP contribution in [0.5, 0.6) is 0 Å². The van der Waals surface area contributed by atoms with Crippen LogP contribution in [0.25, 0.3) is 5.69 Å². The van der Waals surface area contributed by atoms with Gasteiger partial charge in [0.1, 0.15) is 5.56 Å². The van der Waals surface area contributed by atoms with E-state index in [1.54, 1.807) is 6.07 Å². The molecule has 0 radical (unpaired) electrons. The molecule has 0 spiro atoms. The Morgan fingerprint density at radius 1 is 1.40 bits per heavy atom. The number of rotatable bonds is 2. The van der Waals surface area contributed by atoms with Crippen LogP contribution in [-0.2, 0) is 6.18 Å². The standard InChI is InChI=1S/C12H6F3N3O2/c13-12(14,15)10-9(11(19)20)6-17-18(10)8-3-1-2-7(4-8)5-16/h1-4,6H,(H,19,20). The molecule has 0 unspecified atom stereocenters. The van der Waals surface area contributed by atoms with Crippen LogP contribution in [0.15, 0.2) is 30.5 Å². The molecule has 0 saturated carbocycles. The van der Waals surface area contributed by atoms with E-state index in [0.29, 0.717) is 10.9 Å². The Bertz CT molecular complexity index is 713. The van der Waals surface area contributed by atoms with Crippen LogP contribution in [0.2, 0.25) is 0 Å². The summed E-state index contributed by atoms with van der Waals surface area (Å²) in [7, 11) is 0. The molecule has 1 heterocycles. The molecule has 0 saturated heterocycles. The average molecular weight is 281 g/mol. The van der Waals surface area contributed by atoms with E-state index in [2.05, 4.69) is 5.10 Å². The normalized spacial score (nSPS) is 11.1. The summed E-state index contributed by atoms with van der Waals surface area (Å²) in [5, 5.41) is 21.0. The molecular formula is C12H6F3N3O2. The van der Waals surface area contributed by atoms with Gasteiger partial charge in [-0.3, -0.25) is 0 Å². The number of alkyl halides is 3. The fourth-order valence-corrected chi connectivity index (χ4v) is 1.68. The van der Waals surface area contributed by atoms with Gasteiger partial charge >= 0.3 is 12.1 Å². The van der Waals surface area contributed by atoms with Gasteiger partial charge in [-0.15, -0.1) is 0 Å². The first-order valence-electron chi connectivity index (χ1n) is 5.23. The summed E-state index contributed by atoms with van der Waals surface area (Å²) in [6, 6.07) is 7.08. The van der Waals surface area contributed by atoms with Crippen LogP contribution in [-0.4, -0.2) is 20.9 Å². The minimum atomic E-state index is -4.88. The van der Waals surface area contributed by atoms with E-state index in [0.717, 1.165) is 0 Å². The number of nitriles is 1. The molecule has 20 heavy (non-hydrogen) atoms. The van der Waals surface area contributed by atoms with Crippen molar-refractivity contribution in [1.82, 2.24) is 9.78 Å². The van der Waals surface area contributed by atoms with Crippen molar-refractivity contribution in [2.45, 2.75) is 6.18 Å². The number of hydrogen-bond donors (Lipinski definition) is 1. The smallest absolute Gasteiger partial charge is 0.434 e. The maximum Gasteiger partial charge on any atom is 0.434 e. The Hall–Kier alpha value is -2.82. The monoisotopic (exact) mass is 281 g/mol. The molecule has 2 rings (SSSR count). The van der Waals surface area contributed by atoms with Gasteiger partial charge < -0.3 is 5.11 Å². The van der Waals surface area contributed by atoms with Gasteiger partial charge in [0.25, 0.3) is 0 Å². The number of benzene rings is 1. The van der Waals surface area contributed by atoms with Crippen LogP contribution in [0.3, 0.4) is 0 Å². The molecule has 0 aliphatic carbocycles. The molecule has 5 nitrogen and oxygen atoms in total. The number of hydrogen-bond acceptors (Lipinski definition) is 3. The Labute approximate surface area is 110 Å². The Morgan fingerprint density at radius 2 is 2.10 bits per heavy atom. The predicted molar refractivity (Wildman–Crippen MR) is 60.2 cm³/mol. The van der Waals surface area contributed by atoms with Crippen LogP contribution >= 0.6 is 0 Å². The minimum Gasteiger partial charge on any atom is -0.478 e. The lowest BCUT2D eigenvalue weighted by molar-refractivity contribution is -0.143. The van der Waals surface area contributed by atoms with Crippen molar-refractivity contribution < 1.29 is 23.1 Å². The molecule has 102 valence electrons. The minimum absolute atomic E-state index is 0.0381. The third-order valence-corrected chi connectivity index (χ3v) is 2.49. The van der Waals surface area contributed by atoms with Crippen molar-refractivity contribution in [3.63, 3.8) is 0 Å². The lowest BCUT2D eigenvalue weighted by atomic mass is 10.2. The number of halogens is 3. The van der Waals surface area contributed by atoms with Crippen molar-refractivity contribution in [1.29, 1.82) is 5.26 Å². The summed E-state index contributed by atoms with van der Waals surface area (Å²) in [4.78, 5) is 10.8. The second-order valence-electron chi connectivity index (χ2n) is 3.78. The zero-order valence-corrected chi connectivity index (χ0v) is 9.72. The maximum atomic E-state index is 13.0. The van der Waals surface area contributed by atoms with E-state index in [9.17, 15) is 18.0 Å². The second kappa shape index (κ2) is 4.70. The summed E-state index contributed by atoms with van der Waals surface area (Å²) in [5.41, 5.74) is -2.23. The molecule has 1 aromatic heterocycles. The molecular weight excluding hydrogens is 275 g/mol. The van der Waals surface area contributed by atoms with E-state index in [-0.39, 0.29) is 11.3 Å². The van der Waals surface area contributed by atoms with E-state index in [1.807, 2.05) is 0 Å². The van der Waals surface area contributed by atoms with E-state index in [1.165, 1.54) is 24.3 Å². The summed E-state index contributed by atoms with van der Waals surface area (Å²) < 4.78 is 39.4. The zero-order chi connectivity index (χ0) is 14.9. The molecule has 0 amide bonds. The number of aromatic nitrogens is 2. The average Bonchev–Trinajstić information content (AvgIpc) is 2.83. The largest absolute Gasteiger partial charge is 0.478 e. The molecule has 8 heteroatoms. The van der Waals surface area contributed by atoms with E-state index in [4.69, 9.17) is 10.4 Å². The van der Waals surface area contributed by atoms with Gasteiger partial charge in [-0.05, 0) is 18.2 Å². The van der Waals surface area contributed by atoms with Crippen LogP contribution < -0.4 is 0 Å². The van der Waals surface area contributed by atoms with Gasteiger partial charge in [0, 0.05) is 0 Å². The maximum absolute atomic E-state index is 13.0. The van der Waals surface area contributed by atoms with Crippen molar-refractivity contribution in [2.75, 3.05) is 0 Å². The first-order chi connectivity index (χ1) is 9.34. The van der Waals surface area contributed by atoms with Crippen LogP contribution in [0.4, 0.5) is 13.2 Å². The fourth-order valence-electron chi connectivity index (χ4n) is 1.68. The highest BCUT2D eigenvalue weighted by molar-refractivity contribution is 5.89. The first-order valence-corrected chi connectivity index (χ1v) is 5.23. The molecule has 0 bridgehead atoms. The highest BCUT2D eigenvalue weighted by Gasteiger charge is 2.40. The molecule has 0 fully saturated rings. The molecule has 1 aromatic carbocycles. The van der Waals surface area contributed by atoms with E-state index < -0.39 is 23.4 Å². The third-order valence-electron chi connectivity index (χ3n) is 2.49. The number of aromatic carboxylic acids is 1. The van der Waals surface area contributed by atoms with Gasteiger partial charge in [0.05, 0.1) is 23.5 Å². The molecule has 0 atom stereocenters. The van der Waals surface area contributed by atoms with Gasteiger partial charge in [-0.1, -0.05) is 6.07 Å². The van der Waals surface area contributed by atoms with Crippen LogP contribution in [0.1, 0.15) is 21.6 Å².